The summed E-state index contributed by atoms with van der Waals surface area (Å²) in [6.45, 7) is 8.56. The minimum absolute atomic E-state index is 0.447. The molecule has 0 spiro atoms. The molecule has 3 heteroatoms. The topological polar surface area (TPSA) is 24.9 Å². The van der Waals surface area contributed by atoms with Gasteiger partial charge in [-0.3, -0.25) is 0 Å². The van der Waals surface area contributed by atoms with E-state index in [-0.39, 0.29) is 0 Å². The first-order chi connectivity index (χ1) is 6.50. The number of aryl methyl sites for hydroxylation is 1. The van der Waals surface area contributed by atoms with Crippen molar-refractivity contribution in [2.45, 2.75) is 33.7 Å². The third kappa shape index (κ3) is 2.98. The van der Waals surface area contributed by atoms with Gasteiger partial charge < -0.3 is 5.32 Å². The van der Waals surface area contributed by atoms with Gasteiger partial charge in [-0.2, -0.15) is 0 Å². The molecule has 1 heterocycles. The zero-order valence-electron chi connectivity index (χ0n) is 9.13. The maximum atomic E-state index is 4.44. The molecule has 0 radical (unpaired) electrons. The number of anilines is 1. The maximum Gasteiger partial charge on any atom is 0.126 e. The first-order valence-electron chi connectivity index (χ1n) is 4.90. The van der Waals surface area contributed by atoms with Crippen molar-refractivity contribution in [2.24, 2.45) is 5.92 Å². The number of nitrogens with one attached hydrogen (secondary N) is 1. The van der Waals surface area contributed by atoms with Gasteiger partial charge in [0.15, 0.2) is 0 Å². The molecule has 78 valence electrons. The van der Waals surface area contributed by atoms with Gasteiger partial charge in [0.05, 0.1) is 5.69 Å². The Hall–Kier alpha value is -0.570. The number of hydrogen-bond acceptors (Lipinski definition) is 2. The van der Waals surface area contributed by atoms with Crippen molar-refractivity contribution in [3.8, 4) is 0 Å². The van der Waals surface area contributed by atoms with E-state index in [2.05, 4.69) is 47.0 Å². The van der Waals surface area contributed by atoms with Gasteiger partial charge in [-0.1, -0.05) is 13.8 Å². The molecule has 1 aromatic rings. The Kier molecular flexibility index (Phi) is 3.93. The van der Waals surface area contributed by atoms with Gasteiger partial charge >= 0.3 is 0 Å². The number of pyridine rings is 1. The summed E-state index contributed by atoms with van der Waals surface area (Å²) >= 11 is 3.43. The van der Waals surface area contributed by atoms with Crippen LogP contribution in [0.15, 0.2) is 16.6 Å². The van der Waals surface area contributed by atoms with E-state index in [1.807, 2.05) is 19.1 Å². The fraction of sp³-hybridized carbons (Fsp3) is 0.545. The third-order valence-corrected chi connectivity index (χ3v) is 3.24. The fourth-order valence-corrected chi connectivity index (χ4v) is 1.25. The molecule has 0 saturated heterocycles. The number of aromatic nitrogens is 1. The van der Waals surface area contributed by atoms with Crippen LogP contribution in [0.1, 0.15) is 26.5 Å². The van der Waals surface area contributed by atoms with Crippen LogP contribution in [0.3, 0.4) is 0 Å². The molecule has 1 N–H and O–H groups in total. The Labute approximate surface area is 94.3 Å². The molecule has 0 fully saturated rings. The van der Waals surface area contributed by atoms with Gasteiger partial charge in [-0.05, 0) is 47.8 Å². The monoisotopic (exact) mass is 256 g/mol. The zero-order valence-corrected chi connectivity index (χ0v) is 10.7. The Bertz CT molecular complexity index is 310. The van der Waals surface area contributed by atoms with E-state index in [0.717, 1.165) is 16.0 Å². The standard InChI is InChI=1S/C11H17BrN2/c1-7(2)8(3)13-11-6-5-10(12)9(4)14-11/h5-8H,1-4H3,(H,13,14). The van der Waals surface area contributed by atoms with E-state index in [4.69, 9.17) is 0 Å². The molecule has 0 amide bonds. The molecule has 14 heavy (non-hydrogen) atoms. The smallest absolute Gasteiger partial charge is 0.126 e. The molecule has 1 unspecified atom stereocenters. The van der Waals surface area contributed by atoms with Crippen molar-refractivity contribution in [1.29, 1.82) is 0 Å². The number of hydrogen-bond donors (Lipinski definition) is 1. The van der Waals surface area contributed by atoms with Gasteiger partial charge in [0, 0.05) is 10.5 Å². The van der Waals surface area contributed by atoms with Gasteiger partial charge in [0.25, 0.3) is 0 Å². The highest BCUT2D eigenvalue weighted by atomic mass is 79.9. The minimum atomic E-state index is 0.447. The zero-order chi connectivity index (χ0) is 10.7. The number of nitrogens with zero attached hydrogens (tertiary/aromatic N) is 1. The summed E-state index contributed by atoms with van der Waals surface area (Å²) in [6, 6.07) is 4.47. The van der Waals surface area contributed by atoms with E-state index in [1.54, 1.807) is 0 Å². The highest BCUT2D eigenvalue weighted by Gasteiger charge is 2.07. The van der Waals surface area contributed by atoms with Crippen molar-refractivity contribution in [1.82, 2.24) is 4.98 Å². The van der Waals surface area contributed by atoms with Crippen molar-refractivity contribution in [2.75, 3.05) is 5.32 Å². The first-order valence-corrected chi connectivity index (χ1v) is 5.69. The fourth-order valence-electron chi connectivity index (χ4n) is 1.02. The summed E-state index contributed by atoms with van der Waals surface area (Å²) in [5.74, 6) is 1.56. The van der Waals surface area contributed by atoms with E-state index in [0.29, 0.717) is 12.0 Å². The largest absolute Gasteiger partial charge is 0.367 e. The van der Waals surface area contributed by atoms with Crippen LogP contribution in [0.25, 0.3) is 0 Å². The summed E-state index contributed by atoms with van der Waals surface area (Å²) in [6.07, 6.45) is 0. The van der Waals surface area contributed by atoms with Gasteiger partial charge in [-0.15, -0.1) is 0 Å². The van der Waals surface area contributed by atoms with Crippen molar-refractivity contribution >= 4 is 21.7 Å². The molecule has 0 aliphatic rings. The van der Waals surface area contributed by atoms with Crippen molar-refractivity contribution in [3.05, 3.63) is 22.3 Å². The van der Waals surface area contributed by atoms with Gasteiger partial charge in [-0.25, -0.2) is 4.98 Å². The summed E-state index contributed by atoms with van der Waals surface area (Å²) in [4.78, 5) is 4.44. The van der Waals surface area contributed by atoms with Crippen LogP contribution in [-0.4, -0.2) is 11.0 Å². The molecule has 0 saturated carbocycles. The summed E-state index contributed by atoms with van der Waals surface area (Å²) < 4.78 is 1.06. The third-order valence-electron chi connectivity index (χ3n) is 2.40. The second kappa shape index (κ2) is 4.78. The Balaban J connectivity index is 2.73. The van der Waals surface area contributed by atoms with E-state index >= 15 is 0 Å². The lowest BCUT2D eigenvalue weighted by atomic mass is 10.1. The minimum Gasteiger partial charge on any atom is -0.367 e. The van der Waals surface area contributed by atoms with E-state index < -0.39 is 0 Å². The van der Waals surface area contributed by atoms with Crippen LogP contribution in [0.4, 0.5) is 5.82 Å². The predicted octanol–water partition coefficient (Wildman–Crippen LogP) is 3.61. The molecular formula is C11H17BrN2. The first kappa shape index (κ1) is 11.5. The Morgan fingerprint density at radius 3 is 2.43 bits per heavy atom. The summed E-state index contributed by atoms with van der Waals surface area (Å²) in [5, 5.41) is 3.38. The van der Waals surface area contributed by atoms with Crippen LogP contribution < -0.4 is 5.32 Å². The van der Waals surface area contributed by atoms with Crippen LogP contribution in [-0.2, 0) is 0 Å². The second-order valence-corrected chi connectivity index (χ2v) is 4.80. The van der Waals surface area contributed by atoms with Crippen molar-refractivity contribution in [3.63, 3.8) is 0 Å². The lowest BCUT2D eigenvalue weighted by molar-refractivity contribution is 0.558. The van der Waals surface area contributed by atoms with Crippen LogP contribution in [0.5, 0.6) is 0 Å². The maximum absolute atomic E-state index is 4.44. The van der Waals surface area contributed by atoms with E-state index in [1.165, 1.54) is 0 Å². The normalized spacial score (nSPS) is 13.0. The quantitative estimate of drug-likeness (QED) is 0.894. The molecule has 0 bridgehead atoms. The summed E-state index contributed by atoms with van der Waals surface area (Å²) in [7, 11) is 0. The Morgan fingerprint density at radius 1 is 1.29 bits per heavy atom. The summed E-state index contributed by atoms with van der Waals surface area (Å²) in [5.41, 5.74) is 1.02. The predicted molar refractivity (Wildman–Crippen MR) is 64.6 cm³/mol. The van der Waals surface area contributed by atoms with E-state index in [9.17, 15) is 0 Å². The lowest BCUT2D eigenvalue weighted by Crippen LogP contribution is -2.22. The second-order valence-electron chi connectivity index (χ2n) is 3.94. The molecule has 1 rings (SSSR count). The average Bonchev–Trinajstić information content (AvgIpc) is 2.11. The average molecular weight is 257 g/mol. The van der Waals surface area contributed by atoms with Crippen LogP contribution >= 0.6 is 15.9 Å². The highest BCUT2D eigenvalue weighted by Crippen LogP contribution is 2.17. The van der Waals surface area contributed by atoms with Crippen molar-refractivity contribution < 1.29 is 0 Å². The van der Waals surface area contributed by atoms with Crippen LogP contribution in [0, 0.1) is 12.8 Å². The molecule has 0 aliphatic carbocycles. The molecular weight excluding hydrogens is 240 g/mol. The molecule has 1 atom stereocenters. The number of rotatable bonds is 3. The lowest BCUT2D eigenvalue weighted by Gasteiger charge is -2.18. The highest BCUT2D eigenvalue weighted by molar-refractivity contribution is 9.10. The molecule has 0 aliphatic heterocycles. The molecule has 0 aromatic carbocycles. The Morgan fingerprint density at radius 2 is 1.93 bits per heavy atom. The molecule has 2 nitrogen and oxygen atoms in total. The molecule has 1 aromatic heterocycles. The SMILES string of the molecule is Cc1nc(NC(C)C(C)C)ccc1Br. The number of halogens is 1. The van der Waals surface area contributed by atoms with Crippen LogP contribution in [0.2, 0.25) is 0 Å². The van der Waals surface area contributed by atoms with Gasteiger partial charge in [0.2, 0.25) is 0 Å². The van der Waals surface area contributed by atoms with Gasteiger partial charge in [0.1, 0.15) is 5.82 Å².